The predicted octanol–water partition coefficient (Wildman–Crippen LogP) is 3.16. The smallest absolute Gasteiger partial charge is 0.407 e. The Labute approximate surface area is 182 Å². The van der Waals surface area contributed by atoms with Crippen molar-refractivity contribution in [3.8, 4) is 6.07 Å². The average molecular weight is 445 g/mol. The van der Waals surface area contributed by atoms with Crippen LogP contribution in [0.2, 0.25) is 0 Å². The first kappa shape index (κ1) is 20.8. The number of nitrogens with zero attached hydrogens (tertiary/aromatic N) is 5. The number of carboxylic acid groups (broad SMARTS) is 1. The molecule has 2 aliphatic heterocycles. The van der Waals surface area contributed by atoms with E-state index >= 15 is 0 Å². The van der Waals surface area contributed by atoms with Crippen molar-refractivity contribution in [2.45, 2.75) is 12.6 Å². The molecule has 2 unspecified atom stereocenters. The van der Waals surface area contributed by atoms with Crippen LogP contribution >= 0.6 is 0 Å². The first-order chi connectivity index (χ1) is 15.2. The molecule has 168 valence electrons. The van der Waals surface area contributed by atoms with Crippen molar-refractivity contribution in [3.05, 3.63) is 36.0 Å². The first-order valence-electron chi connectivity index (χ1n) is 10.5. The van der Waals surface area contributed by atoms with E-state index in [4.69, 9.17) is 5.11 Å². The van der Waals surface area contributed by atoms with Crippen molar-refractivity contribution in [1.29, 1.82) is 5.26 Å². The number of anilines is 1. The van der Waals surface area contributed by atoms with Gasteiger partial charge in [-0.15, -0.1) is 0 Å². The van der Waals surface area contributed by atoms with E-state index in [0.717, 1.165) is 0 Å². The van der Waals surface area contributed by atoms with Gasteiger partial charge in [0.25, 0.3) is 0 Å². The number of piperazine rings is 1. The highest BCUT2D eigenvalue weighted by atomic mass is 19.4. The minimum atomic E-state index is -4.33. The fraction of sp³-hybridized carbons (Fsp3) is 0.500. The van der Waals surface area contributed by atoms with Crippen LogP contribution in [0.1, 0.15) is 12.0 Å². The van der Waals surface area contributed by atoms with Crippen LogP contribution in [0.15, 0.2) is 30.5 Å². The second-order valence-electron chi connectivity index (χ2n) is 9.08. The van der Waals surface area contributed by atoms with E-state index in [-0.39, 0.29) is 19.5 Å². The number of aromatic nitrogens is 1. The van der Waals surface area contributed by atoms with Crippen LogP contribution < -0.4 is 4.90 Å². The molecule has 10 heteroatoms. The number of rotatable bonds is 3. The van der Waals surface area contributed by atoms with Crippen LogP contribution in [-0.2, 0) is 0 Å². The maximum absolute atomic E-state index is 14.3. The summed E-state index contributed by atoms with van der Waals surface area (Å²) in [4.78, 5) is 20.5. The molecule has 1 aromatic heterocycles. The Morgan fingerprint density at radius 1 is 1.19 bits per heavy atom. The standard InChI is InChI=1S/C22H22F3N5O2/c23-22(24,25)21-11-20(21,12-28-6-8-29(9-7-28)19(31)32)13-30(14-21)17-4-3-15(10-26)18-16(17)2-1-5-27-18/h1-5H,6-9,11-14H2,(H,31,32). The molecule has 0 spiro atoms. The third kappa shape index (κ3) is 2.98. The fourth-order valence-corrected chi connectivity index (χ4v) is 5.68. The van der Waals surface area contributed by atoms with Crippen LogP contribution in [0.3, 0.4) is 0 Å². The lowest BCUT2D eigenvalue weighted by Crippen LogP contribution is -2.50. The maximum Gasteiger partial charge on any atom is 0.407 e. The lowest BCUT2D eigenvalue weighted by molar-refractivity contribution is -0.191. The van der Waals surface area contributed by atoms with E-state index < -0.39 is 23.1 Å². The minimum Gasteiger partial charge on any atom is -0.465 e. The molecule has 1 aromatic carbocycles. The highest BCUT2D eigenvalue weighted by molar-refractivity contribution is 5.95. The highest BCUT2D eigenvalue weighted by Crippen LogP contribution is 2.75. The molecule has 1 aliphatic carbocycles. The summed E-state index contributed by atoms with van der Waals surface area (Å²) in [5.41, 5.74) is -1.14. The quantitative estimate of drug-likeness (QED) is 0.782. The monoisotopic (exact) mass is 445 g/mol. The zero-order chi connectivity index (χ0) is 22.7. The molecule has 32 heavy (non-hydrogen) atoms. The number of fused-ring (bicyclic) bond motifs is 2. The van der Waals surface area contributed by atoms with Gasteiger partial charge >= 0.3 is 12.3 Å². The molecule has 2 saturated heterocycles. The Morgan fingerprint density at radius 2 is 1.94 bits per heavy atom. The largest absolute Gasteiger partial charge is 0.465 e. The second-order valence-corrected chi connectivity index (χ2v) is 9.08. The molecule has 3 heterocycles. The Hall–Kier alpha value is -3.06. The molecule has 2 atom stereocenters. The number of benzene rings is 1. The van der Waals surface area contributed by atoms with E-state index in [1.807, 2.05) is 4.90 Å². The Morgan fingerprint density at radius 3 is 2.59 bits per heavy atom. The van der Waals surface area contributed by atoms with E-state index in [0.29, 0.717) is 54.9 Å². The summed E-state index contributed by atoms with van der Waals surface area (Å²) in [5, 5.41) is 19.2. The zero-order valence-electron chi connectivity index (χ0n) is 17.3. The lowest BCUT2D eigenvalue weighted by atomic mass is 9.94. The van der Waals surface area contributed by atoms with Gasteiger partial charge in [0.05, 0.1) is 16.5 Å². The number of alkyl halides is 3. The van der Waals surface area contributed by atoms with E-state index in [1.165, 1.54) is 4.90 Å². The summed E-state index contributed by atoms with van der Waals surface area (Å²) in [6.45, 7) is 1.92. The first-order valence-corrected chi connectivity index (χ1v) is 10.5. The van der Waals surface area contributed by atoms with Crippen molar-refractivity contribution in [3.63, 3.8) is 0 Å². The molecule has 0 radical (unpaired) electrons. The third-order valence-corrected chi connectivity index (χ3v) is 7.40. The molecular formula is C22H22F3N5O2. The fourth-order valence-electron chi connectivity index (χ4n) is 5.68. The normalized spacial score (nSPS) is 27.9. The summed E-state index contributed by atoms with van der Waals surface area (Å²) >= 11 is 0. The molecule has 3 aliphatic rings. The van der Waals surface area contributed by atoms with Gasteiger partial charge in [-0.2, -0.15) is 18.4 Å². The minimum absolute atomic E-state index is 0.0889. The SMILES string of the molecule is N#Cc1ccc(N2CC3(CN4CCN(C(=O)O)CC4)CC3(C(F)(F)F)C2)c2cccnc12. The molecule has 2 aromatic rings. The molecule has 1 N–H and O–H groups in total. The molecule has 7 nitrogen and oxygen atoms in total. The number of pyridine rings is 1. The van der Waals surface area contributed by atoms with Crippen molar-refractivity contribution in [2.75, 3.05) is 50.7 Å². The van der Waals surface area contributed by atoms with Gasteiger partial charge in [0.1, 0.15) is 6.07 Å². The number of halogens is 3. The van der Waals surface area contributed by atoms with Gasteiger partial charge in [-0.3, -0.25) is 9.88 Å². The van der Waals surface area contributed by atoms with Crippen molar-refractivity contribution in [2.24, 2.45) is 10.8 Å². The van der Waals surface area contributed by atoms with E-state index in [2.05, 4.69) is 11.1 Å². The predicted molar refractivity (Wildman–Crippen MR) is 110 cm³/mol. The average Bonchev–Trinajstić information content (AvgIpc) is 3.28. The third-order valence-electron chi connectivity index (χ3n) is 7.40. The summed E-state index contributed by atoms with van der Waals surface area (Å²) in [7, 11) is 0. The zero-order valence-corrected chi connectivity index (χ0v) is 17.3. The van der Waals surface area contributed by atoms with Crippen LogP contribution in [-0.4, -0.2) is 78.0 Å². The highest BCUT2D eigenvalue weighted by Gasteiger charge is 2.83. The summed E-state index contributed by atoms with van der Waals surface area (Å²) in [5.74, 6) is 0. The number of piperidine rings is 1. The van der Waals surface area contributed by atoms with Gasteiger partial charge < -0.3 is 14.9 Å². The van der Waals surface area contributed by atoms with Crippen LogP contribution in [0, 0.1) is 22.2 Å². The number of hydrogen-bond donors (Lipinski definition) is 1. The van der Waals surface area contributed by atoms with Crippen LogP contribution in [0.4, 0.5) is 23.7 Å². The van der Waals surface area contributed by atoms with Crippen molar-refractivity contribution >= 4 is 22.7 Å². The van der Waals surface area contributed by atoms with Gasteiger partial charge in [0.15, 0.2) is 0 Å². The topological polar surface area (TPSA) is 83.7 Å². The van der Waals surface area contributed by atoms with Gasteiger partial charge in [-0.05, 0) is 30.7 Å². The molecule has 5 rings (SSSR count). The molecule has 0 bridgehead atoms. The number of hydrogen-bond acceptors (Lipinski definition) is 5. The van der Waals surface area contributed by atoms with Crippen LogP contribution in [0.25, 0.3) is 10.9 Å². The van der Waals surface area contributed by atoms with Crippen LogP contribution in [0.5, 0.6) is 0 Å². The molecule has 3 fully saturated rings. The maximum atomic E-state index is 14.3. The van der Waals surface area contributed by atoms with Gasteiger partial charge in [-0.25, -0.2) is 4.79 Å². The number of nitriles is 1. The Kier molecular flexibility index (Phi) is 4.53. The van der Waals surface area contributed by atoms with E-state index in [9.17, 15) is 23.2 Å². The lowest BCUT2D eigenvalue weighted by Gasteiger charge is -2.35. The molecule has 1 amide bonds. The Balaban J connectivity index is 1.44. The summed E-state index contributed by atoms with van der Waals surface area (Å²) < 4.78 is 42.9. The number of amides is 1. The van der Waals surface area contributed by atoms with Gasteiger partial charge in [0.2, 0.25) is 0 Å². The van der Waals surface area contributed by atoms with Crippen molar-refractivity contribution < 1.29 is 23.1 Å². The second kappa shape index (κ2) is 6.97. The Bertz CT molecular complexity index is 1120. The molecule has 1 saturated carbocycles. The summed E-state index contributed by atoms with van der Waals surface area (Å²) in [6.07, 6.45) is -3.66. The number of carbonyl (C=O) groups is 1. The van der Waals surface area contributed by atoms with Gasteiger partial charge in [0, 0.05) is 68.5 Å². The molecular weight excluding hydrogens is 423 g/mol. The summed E-state index contributed by atoms with van der Waals surface area (Å²) in [6, 6.07) is 8.95. The van der Waals surface area contributed by atoms with E-state index in [1.54, 1.807) is 35.4 Å². The van der Waals surface area contributed by atoms with Crippen molar-refractivity contribution in [1.82, 2.24) is 14.8 Å². The van der Waals surface area contributed by atoms with Gasteiger partial charge in [-0.1, -0.05) is 0 Å².